The van der Waals surface area contributed by atoms with Gasteiger partial charge in [-0.25, -0.2) is 4.79 Å². The number of benzene rings is 2. The van der Waals surface area contributed by atoms with E-state index in [1.54, 1.807) is 65.8 Å². The van der Waals surface area contributed by atoms with E-state index in [2.05, 4.69) is 0 Å². The number of ketones is 1. The van der Waals surface area contributed by atoms with Gasteiger partial charge in [-0.15, -0.1) is 0 Å². The summed E-state index contributed by atoms with van der Waals surface area (Å²) in [7, 11) is 5.31. The number of aliphatic hydroxyl groups excluding tert-OH is 1. The van der Waals surface area contributed by atoms with Gasteiger partial charge < -0.3 is 38.8 Å². The van der Waals surface area contributed by atoms with Gasteiger partial charge in [0.1, 0.15) is 11.7 Å². The number of Topliss-reactive ketones (excluding diaryl/α,β-unsaturated/α-hetero) is 1. The molecule has 2 N–H and O–H groups in total. The third kappa shape index (κ3) is 10.0. The Kier molecular flexibility index (Phi) is 14.8. The molecule has 0 aliphatic carbocycles. The first-order chi connectivity index (χ1) is 25.4. The molecule has 0 saturated carbocycles. The lowest BCUT2D eigenvalue weighted by atomic mass is 9.76. The van der Waals surface area contributed by atoms with E-state index in [-0.39, 0.29) is 37.2 Å². The second-order valence-electron chi connectivity index (χ2n) is 15.8. The van der Waals surface area contributed by atoms with Gasteiger partial charge in [0.15, 0.2) is 18.2 Å². The maximum atomic E-state index is 14.2. The van der Waals surface area contributed by atoms with E-state index in [4.69, 9.17) is 23.7 Å². The van der Waals surface area contributed by atoms with Gasteiger partial charge in [0, 0.05) is 25.4 Å². The summed E-state index contributed by atoms with van der Waals surface area (Å²) in [5.41, 5.74) is -1.46. The topological polar surface area (TPSA) is 141 Å². The minimum atomic E-state index is -1.72. The number of cyclic esters (lactones) is 1. The Labute approximate surface area is 321 Å². The molecule has 1 fully saturated rings. The van der Waals surface area contributed by atoms with Crippen molar-refractivity contribution < 1.29 is 48.3 Å². The lowest BCUT2D eigenvalue weighted by molar-refractivity contribution is -0.300. The van der Waals surface area contributed by atoms with Crippen molar-refractivity contribution in [2.75, 3.05) is 21.2 Å². The van der Waals surface area contributed by atoms with Gasteiger partial charge in [-0.3, -0.25) is 9.59 Å². The minimum Gasteiger partial charge on any atom is -0.459 e. The first-order valence-corrected chi connectivity index (χ1v) is 19.1. The van der Waals surface area contributed by atoms with Crippen LogP contribution in [0.25, 0.3) is 0 Å². The minimum absolute atomic E-state index is 0.0986. The van der Waals surface area contributed by atoms with Crippen molar-refractivity contribution >= 4 is 17.7 Å². The van der Waals surface area contributed by atoms with Crippen molar-refractivity contribution in [3.63, 3.8) is 0 Å². The molecule has 2 aliphatic rings. The molecule has 0 amide bonds. The van der Waals surface area contributed by atoms with Crippen LogP contribution in [0.5, 0.6) is 0 Å². The number of allylic oxidation sites excluding steroid dienone is 1. The Morgan fingerprint density at radius 3 is 2.19 bits per heavy atom. The standard InChI is InChI=1S/C43H61NO10/c1-11-34-43(49,25-31-18-14-12-15-19-31)24-27(3)35(45)26(2)23-42(7,50-10)38(29(5)36(46)30(6)39(47)52-34)54-41-37(33(44(8)9)22-28(4)51-41)53-40(48)32-20-16-13-17-21-32/h12-21,24,26,28-30,33-34,36-38,41,46,49H,11,22-23,25H2,1-10H3/t26-,28-,29+,30-,33+,34-,36+,37-,38-,41?,42+,43-/m1/s1. The van der Waals surface area contributed by atoms with Crippen molar-refractivity contribution in [3.8, 4) is 0 Å². The van der Waals surface area contributed by atoms with E-state index in [0.29, 0.717) is 17.6 Å². The lowest BCUT2D eigenvalue weighted by Crippen LogP contribution is -2.60. The van der Waals surface area contributed by atoms with Crippen LogP contribution in [0.15, 0.2) is 72.3 Å². The van der Waals surface area contributed by atoms with Gasteiger partial charge >= 0.3 is 11.9 Å². The molecule has 4 rings (SSSR count). The summed E-state index contributed by atoms with van der Waals surface area (Å²) < 4.78 is 31.7. The van der Waals surface area contributed by atoms with Crippen LogP contribution in [-0.4, -0.2) is 108 Å². The SMILES string of the molecule is CC[C@H]1OC(=O)[C@H](C)[C@@H](O)[C@H](C)[C@@H](OC2O[C@H](C)C[C@H](N(C)C)[C@H]2OC(=O)c2ccccc2)[C@@](C)(OC)C[C@@H](C)C(=O)C(C)=C[C@@]1(O)Cc1ccccc1. The summed E-state index contributed by atoms with van der Waals surface area (Å²) in [5, 5.41) is 24.2. The third-order valence-electron chi connectivity index (χ3n) is 11.3. The van der Waals surface area contributed by atoms with E-state index in [1.165, 1.54) is 13.2 Å². The van der Waals surface area contributed by atoms with E-state index >= 15 is 0 Å². The van der Waals surface area contributed by atoms with Crippen LogP contribution in [0.3, 0.4) is 0 Å². The molecule has 2 aromatic rings. The molecule has 2 aromatic carbocycles. The van der Waals surface area contributed by atoms with Crippen LogP contribution in [-0.2, 0) is 39.7 Å². The zero-order valence-corrected chi connectivity index (χ0v) is 33.6. The number of ether oxygens (including phenoxy) is 5. The van der Waals surface area contributed by atoms with Crippen LogP contribution in [0.1, 0.15) is 83.7 Å². The Hall–Kier alpha value is -3.45. The smallest absolute Gasteiger partial charge is 0.338 e. The number of aliphatic hydroxyl groups is 2. The van der Waals surface area contributed by atoms with Crippen molar-refractivity contribution in [1.82, 2.24) is 4.90 Å². The average molecular weight is 752 g/mol. The average Bonchev–Trinajstić information content (AvgIpc) is 3.15. The van der Waals surface area contributed by atoms with Gasteiger partial charge in [0.25, 0.3) is 0 Å². The number of rotatable bonds is 9. The zero-order chi connectivity index (χ0) is 40.0. The third-order valence-corrected chi connectivity index (χ3v) is 11.3. The van der Waals surface area contributed by atoms with E-state index < -0.39 is 71.6 Å². The molecule has 0 spiro atoms. The highest BCUT2D eigenvalue weighted by Gasteiger charge is 2.51. The van der Waals surface area contributed by atoms with Crippen LogP contribution in [0.4, 0.5) is 0 Å². The first kappa shape index (κ1) is 43.3. The molecular weight excluding hydrogens is 690 g/mol. The fourth-order valence-corrected chi connectivity index (χ4v) is 8.09. The van der Waals surface area contributed by atoms with Crippen molar-refractivity contribution in [2.24, 2.45) is 17.8 Å². The Balaban J connectivity index is 1.78. The molecule has 2 aliphatic heterocycles. The normalized spacial score (nSPS) is 35.8. The fraction of sp³-hybridized carbons (Fsp3) is 0.605. The summed E-state index contributed by atoms with van der Waals surface area (Å²) in [6, 6.07) is 17.7. The lowest BCUT2D eigenvalue weighted by Gasteiger charge is -2.48. The summed E-state index contributed by atoms with van der Waals surface area (Å²) in [6.07, 6.45) is -3.04. The van der Waals surface area contributed by atoms with Gasteiger partial charge in [-0.2, -0.15) is 0 Å². The second kappa shape index (κ2) is 18.5. The van der Waals surface area contributed by atoms with Crippen LogP contribution in [0, 0.1) is 17.8 Å². The number of esters is 2. The highest BCUT2D eigenvalue weighted by Crippen LogP contribution is 2.39. The Bertz CT molecular complexity index is 1580. The molecule has 2 heterocycles. The Morgan fingerprint density at radius 2 is 1.61 bits per heavy atom. The monoisotopic (exact) mass is 751 g/mol. The zero-order valence-electron chi connectivity index (χ0n) is 33.6. The summed E-state index contributed by atoms with van der Waals surface area (Å²) in [5.74, 6) is -3.96. The number of methoxy groups -OCH3 is 1. The largest absolute Gasteiger partial charge is 0.459 e. The first-order valence-electron chi connectivity index (χ1n) is 19.1. The molecule has 11 heteroatoms. The van der Waals surface area contributed by atoms with Gasteiger partial charge in [-0.1, -0.05) is 69.3 Å². The highest BCUT2D eigenvalue weighted by atomic mass is 16.7. The molecule has 0 bridgehead atoms. The highest BCUT2D eigenvalue weighted by molar-refractivity contribution is 5.96. The number of carbonyl (C=O) groups excluding carboxylic acids is 3. The number of likely N-dealkylation sites (N-methyl/N-ethyl adjacent to an activating group) is 1. The predicted octanol–water partition coefficient (Wildman–Crippen LogP) is 5.55. The van der Waals surface area contributed by atoms with Gasteiger partial charge in [0.05, 0.1) is 41.4 Å². The number of nitrogens with zero attached hydrogens (tertiary/aromatic N) is 1. The quantitative estimate of drug-likeness (QED) is 0.312. The predicted molar refractivity (Wildman–Crippen MR) is 205 cm³/mol. The maximum absolute atomic E-state index is 14.2. The van der Waals surface area contributed by atoms with Crippen LogP contribution in [0.2, 0.25) is 0 Å². The van der Waals surface area contributed by atoms with E-state index in [1.807, 2.05) is 62.3 Å². The van der Waals surface area contributed by atoms with Crippen molar-refractivity contribution in [2.45, 2.75) is 128 Å². The van der Waals surface area contributed by atoms with Crippen LogP contribution >= 0.6 is 0 Å². The van der Waals surface area contributed by atoms with E-state index in [9.17, 15) is 24.6 Å². The van der Waals surface area contributed by atoms with E-state index in [0.717, 1.165) is 5.56 Å². The molecular formula is C43H61NO10. The van der Waals surface area contributed by atoms with Crippen molar-refractivity contribution in [3.05, 3.63) is 83.4 Å². The number of hydrogen-bond acceptors (Lipinski definition) is 11. The van der Waals surface area contributed by atoms with Crippen molar-refractivity contribution in [1.29, 1.82) is 0 Å². The molecule has 1 saturated heterocycles. The fourth-order valence-electron chi connectivity index (χ4n) is 8.09. The van der Waals surface area contributed by atoms with Gasteiger partial charge in [0.2, 0.25) is 0 Å². The maximum Gasteiger partial charge on any atom is 0.338 e. The summed E-state index contributed by atoms with van der Waals surface area (Å²) >= 11 is 0. The Morgan fingerprint density at radius 1 is 1.00 bits per heavy atom. The number of carbonyl (C=O) groups is 3. The molecule has 12 atom stereocenters. The molecule has 11 nitrogen and oxygen atoms in total. The second-order valence-corrected chi connectivity index (χ2v) is 15.8. The molecule has 54 heavy (non-hydrogen) atoms. The molecule has 1 unspecified atom stereocenters. The molecule has 298 valence electrons. The molecule has 0 radical (unpaired) electrons. The summed E-state index contributed by atoms with van der Waals surface area (Å²) in [6.45, 7) is 12.3. The molecule has 0 aromatic heterocycles. The summed E-state index contributed by atoms with van der Waals surface area (Å²) in [4.78, 5) is 43.5. The van der Waals surface area contributed by atoms with Crippen LogP contribution < -0.4 is 0 Å². The van der Waals surface area contributed by atoms with Gasteiger partial charge in [-0.05, 0) is 90.4 Å². The number of hydrogen-bond donors (Lipinski definition) is 2.